The first-order valence-electron chi connectivity index (χ1n) is 19.7. The van der Waals surface area contributed by atoms with E-state index in [1.807, 2.05) is 0 Å². The van der Waals surface area contributed by atoms with E-state index in [0.717, 1.165) is 69.2 Å². The number of carbonyl (C=O) groups excluding carboxylic acids is 10. The molecule has 3 amide bonds. The predicted molar refractivity (Wildman–Crippen MR) is 203 cm³/mol. The summed E-state index contributed by atoms with van der Waals surface area (Å²) in [5.41, 5.74) is 0. The van der Waals surface area contributed by atoms with E-state index in [1.165, 1.54) is 0 Å². The number of aliphatic hydroxyl groups is 1. The van der Waals surface area contributed by atoms with Gasteiger partial charge in [0.1, 0.15) is 55.8 Å². The fraction of sp³-hybridized carbons (Fsp3) is 0.737. The first kappa shape index (κ1) is 52.8. The summed E-state index contributed by atoms with van der Waals surface area (Å²) in [4.78, 5) is 124. The van der Waals surface area contributed by atoms with Gasteiger partial charge in [-0.15, -0.1) is 0 Å². The maximum atomic E-state index is 12.7. The minimum Gasteiger partial charge on any atom is -0.463 e. The summed E-state index contributed by atoms with van der Waals surface area (Å²) in [6.07, 6.45) is -19.8. The standard InChI is InChI=1S/C38H55N3O23/c1-14(42)39-27-33(58-21(8)49)32(64-38-29(41-16(3)44)35(60-23(10)51)31(57-20(7)48)26(63-38)12-54-18(5)46)24(61-36(27)52)13-55-37-28(40-15(2)43)34(59-22(9)50)30(56-19(6)47)25(62-37)11-53-17(4)45/h24-38,52H,11-13H2,1-10H3,(H,39,42)(H,40,43)(H,41,44)/t24-,25-,26-,27-,28-,29-,30-,31-,32-,33-,34-,35-,36+,37-,38+/m1/s1. The molecule has 0 saturated carbocycles. The van der Waals surface area contributed by atoms with Crippen LogP contribution in [0.3, 0.4) is 0 Å². The Morgan fingerprint density at radius 3 is 1.11 bits per heavy atom. The molecule has 3 rings (SSSR count). The Labute approximate surface area is 366 Å². The van der Waals surface area contributed by atoms with Crippen molar-refractivity contribution in [2.75, 3.05) is 19.8 Å². The molecule has 0 spiro atoms. The minimum atomic E-state index is -1.99. The second kappa shape index (κ2) is 23.9. The van der Waals surface area contributed by atoms with Crippen LogP contribution in [0.4, 0.5) is 0 Å². The van der Waals surface area contributed by atoms with Gasteiger partial charge >= 0.3 is 41.8 Å². The molecule has 0 bridgehead atoms. The van der Waals surface area contributed by atoms with Crippen LogP contribution in [0.5, 0.6) is 0 Å². The molecule has 4 N–H and O–H groups in total. The monoisotopic (exact) mass is 921 g/mol. The number of amides is 3. The molecular weight excluding hydrogens is 866 g/mol. The molecule has 3 fully saturated rings. The van der Waals surface area contributed by atoms with Gasteiger partial charge in [0.15, 0.2) is 49.4 Å². The molecule has 0 aromatic rings. The SMILES string of the molecule is CC(=O)N[C@@H]1[C@@H](OC(C)=O)[C@H](O[C@@H]2O[C@H](COC(C)=O)[C@@H](OC(C)=O)[C@H](OC(C)=O)[C@H]2NC(C)=O)[C@@H](CO[C@@H]2O[C@H](COC(C)=O)[C@@H](OC(C)=O)[C@H](OC(C)=O)[C@H]2NC(C)=O)O[C@@H]1O. The topological polar surface area (TPSA) is 338 Å². The second-order valence-electron chi connectivity index (χ2n) is 14.7. The normalized spacial score (nSPS) is 32.3. The summed E-state index contributed by atoms with van der Waals surface area (Å²) in [7, 11) is 0. The van der Waals surface area contributed by atoms with Gasteiger partial charge in [-0.3, -0.25) is 47.9 Å². The molecule has 0 unspecified atom stereocenters. The van der Waals surface area contributed by atoms with E-state index >= 15 is 0 Å². The highest BCUT2D eigenvalue weighted by Crippen LogP contribution is 2.34. The molecule has 64 heavy (non-hydrogen) atoms. The molecule has 26 heteroatoms. The second-order valence-corrected chi connectivity index (χ2v) is 14.7. The van der Waals surface area contributed by atoms with Crippen molar-refractivity contribution in [3.05, 3.63) is 0 Å². The number of nitrogens with one attached hydrogen (secondary N) is 3. The van der Waals surface area contributed by atoms with E-state index in [-0.39, 0.29) is 0 Å². The number of hydrogen-bond acceptors (Lipinski definition) is 23. The summed E-state index contributed by atoms with van der Waals surface area (Å²) < 4.78 is 68.5. The van der Waals surface area contributed by atoms with Gasteiger partial charge in [-0.05, 0) is 0 Å². The van der Waals surface area contributed by atoms with Crippen LogP contribution in [-0.4, -0.2) is 176 Å². The van der Waals surface area contributed by atoms with E-state index < -0.39 is 171 Å². The van der Waals surface area contributed by atoms with Crippen molar-refractivity contribution < 1.29 is 110 Å². The van der Waals surface area contributed by atoms with E-state index in [9.17, 15) is 53.1 Å². The Kier molecular flexibility index (Phi) is 19.8. The Hall–Kier alpha value is -5.54. The quantitative estimate of drug-likeness (QED) is 0.0827. The molecule has 0 radical (unpaired) electrons. The smallest absolute Gasteiger partial charge is 0.303 e. The number of carbonyl (C=O) groups is 10. The largest absolute Gasteiger partial charge is 0.463 e. The maximum absolute atomic E-state index is 12.7. The fourth-order valence-corrected chi connectivity index (χ4v) is 7.12. The van der Waals surface area contributed by atoms with Crippen molar-refractivity contribution >= 4 is 59.5 Å². The highest BCUT2D eigenvalue weighted by atomic mass is 16.7. The van der Waals surface area contributed by atoms with Gasteiger partial charge in [0.05, 0.1) is 6.61 Å². The molecule has 0 aromatic heterocycles. The Balaban J connectivity index is 2.21. The highest BCUT2D eigenvalue weighted by Gasteiger charge is 2.57. The van der Waals surface area contributed by atoms with Crippen LogP contribution in [0, 0.1) is 0 Å². The van der Waals surface area contributed by atoms with Crippen LogP contribution in [0.15, 0.2) is 0 Å². The summed E-state index contributed by atoms with van der Waals surface area (Å²) in [5, 5.41) is 18.8. The van der Waals surface area contributed by atoms with Gasteiger partial charge in [-0.2, -0.15) is 0 Å². The number of rotatable bonds is 17. The first-order valence-corrected chi connectivity index (χ1v) is 19.7. The average Bonchev–Trinajstić information content (AvgIpc) is 3.14. The van der Waals surface area contributed by atoms with Crippen LogP contribution in [0.25, 0.3) is 0 Å². The van der Waals surface area contributed by atoms with Crippen molar-refractivity contribution in [2.24, 2.45) is 0 Å². The summed E-state index contributed by atoms with van der Waals surface area (Å²) in [5.74, 6) is -8.36. The molecule has 15 atom stereocenters. The van der Waals surface area contributed by atoms with E-state index in [1.54, 1.807) is 0 Å². The lowest BCUT2D eigenvalue weighted by Crippen LogP contribution is -2.70. The Bertz CT molecular complexity index is 1740. The third-order valence-electron chi connectivity index (χ3n) is 9.20. The van der Waals surface area contributed by atoms with Crippen molar-refractivity contribution in [1.29, 1.82) is 0 Å². The van der Waals surface area contributed by atoms with Crippen LogP contribution >= 0.6 is 0 Å². The number of hydrogen-bond donors (Lipinski definition) is 4. The molecule has 0 aromatic carbocycles. The van der Waals surface area contributed by atoms with E-state index in [4.69, 9.17) is 56.8 Å². The van der Waals surface area contributed by atoms with Crippen molar-refractivity contribution in [2.45, 2.75) is 161 Å². The van der Waals surface area contributed by atoms with Crippen molar-refractivity contribution in [3.63, 3.8) is 0 Å². The molecule has 3 heterocycles. The lowest BCUT2D eigenvalue weighted by atomic mass is 9.93. The summed E-state index contributed by atoms with van der Waals surface area (Å²) in [6.45, 7) is 8.50. The van der Waals surface area contributed by atoms with Crippen molar-refractivity contribution in [1.82, 2.24) is 16.0 Å². The zero-order chi connectivity index (χ0) is 48.2. The van der Waals surface area contributed by atoms with Crippen LogP contribution in [0.1, 0.15) is 69.2 Å². The third-order valence-corrected chi connectivity index (χ3v) is 9.20. The van der Waals surface area contributed by atoms with Gasteiger partial charge in [0, 0.05) is 69.2 Å². The number of ether oxygens (including phenoxy) is 12. The van der Waals surface area contributed by atoms with Crippen LogP contribution in [-0.2, 0) is 105 Å². The van der Waals surface area contributed by atoms with E-state index in [0.29, 0.717) is 0 Å². The van der Waals surface area contributed by atoms with Crippen molar-refractivity contribution in [3.8, 4) is 0 Å². The molecule has 0 aliphatic carbocycles. The molecular formula is C38H55N3O23. The fourth-order valence-electron chi connectivity index (χ4n) is 7.12. The van der Waals surface area contributed by atoms with Gasteiger partial charge in [0.25, 0.3) is 0 Å². The van der Waals surface area contributed by atoms with E-state index in [2.05, 4.69) is 16.0 Å². The van der Waals surface area contributed by atoms with Gasteiger partial charge < -0.3 is 77.9 Å². The average molecular weight is 922 g/mol. The van der Waals surface area contributed by atoms with Gasteiger partial charge in [0.2, 0.25) is 17.7 Å². The summed E-state index contributed by atoms with van der Waals surface area (Å²) >= 11 is 0. The Morgan fingerprint density at radius 2 is 0.734 bits per heavy atom. The number of aliphatic hydroxyl groups excluding tert-OH is 1. The first-order chi connectivity index (χ1) is 29.9. The number of esters is 7. The lowest BCUT2D eigenvalue weighted by Gasteiger charge is -2.49. The molecule has 3 aliphatic rings. The molecule has 26 nitrogen and oxygen atoms in total. The molecule has 3 aliphatic heterocycles. The molecule has 3 saturated heterocycles. The zero-order valence-corrected chi connectivity index (χ0v) is 36.7. The van der Waals surface area contributed by atoms with Crippen LogP contribution in [0.2, 0.25) is 0 Å². The Morgan fingerprint density at radius 1 is 0.406 bits per heavy atom. The summed E-state index contributed by atoms with van der Waals surface area (Å²) in [6, 6.07) is -4.66. The lowest BCUT2D eigenvalue weighted by molar-refractivity contribution is -0.338. The van der Waals surface area contributed by atoms with Gasteiger partial charge in [-0.25, -0.2) is 0 Å². The predicted octanol–water partition coefficient (Wildman–Crippen LogP) is -3.15. The van der Waals surface area contributed by atoms with Crippen LogP contribution < -0.4 is 16.0 Å². The minimum absolute atomic E-state index is 0.592. The highest BCUT2D eigenvalue weighted by molar-refractivity contribution is 5.75. The third kappa shape index (κ3) is 15.6. The maximum Gasteiger partial charge on any atom is 0.303 e. The van der Waals surface area contributed by atoms with Gasteiger partial charge in [-0.1, -0.05) is 0 Å². The zero-order valence-electron chi connectivity index (χ0n) is 36.7. The molecule has 360 valence electrons.